The van der Waals surface area contributed by atoms with Crippen molar-refractivity contribution >= 4 is 28.7 Å². The van der Waals surface area contributed by atoms with Crippen molar-refractivity contribution in [2.24, 2.45) is 14.1 Å². The third-order valence-electron chi connectivity index (χ3n) is 4.35. The van der Waals surface area contributed by atoms with E-state index in [9.17, 15) is 14.4 Å². The van der Waals surface area contributed by atoms with Crippen LogP contribution in [0.3, 0.4) is 0 Å². The first-order chi connectivity index (χ1) is 12.3. The number of hydrogen-bond donors (Lipinski definition) is 0. The zero-order chi connectivity index (χ0) is 19.0. The summed E-state index contributed by atoms with van der Waals surface area (Å²) in [6, 6.07) is 9.69. The van der Waals surface area contributed by atoms with Crippen LogP contribution >= 0.6 is 11.8 Å². The number of Topliss-reactive ketones (excluding diaryl/α,β-unsaturated/α-hetero) is 1. The van der Waals surface area contributed by atoms with Crippen molar-refractivity contribution in [3.63, 3.8) is 0 Å². The van der Waals surface area contributed by atoms with Gasteiger partial charge in [-0.1, -0.05) is 42.1 Å². The second kappa shape index (κ2) is 6.95. The Balaban J connectivity index is 2.28. The standard InChI is InChI=1S/C18H20N4O3S/c1-11(23)12(2)26-17-19-15-14(16(24)21(4)18(25)20(15)3)22(17)10-13-8-6-5-7-9-13/h5-9,12H,10H2,1-4H3. The van der Waals surface area contributed by atoms with Crippen molar-refractivity contribution < 1.29 is 4.79 Å². The van der Waals surface area contributed by atoms with Crippen molar-refractivity contribution in [3.8, 4) is 0 Å². The minimum Gasteiger partial charge on any atom is -0.309 e. The monoisotopic (exact) mass is 372 g/mol. The van der Waals surface area contributed by atoms with Crippen LogP contribution in [0.2, 0.25) is 0 Å². The third-order valence-corrected chi connectivity index (χ3v) is 5.56. The highest BCUT2D eigenvalue weighted by molar-refractivity contribution is 8.00. The lowest BCUT2D eigenvalue weighted by atomic mass is 10.2. The number of aryl methyl sites for hydroxylation is 1. The average molecular weight is 372 g/mol. The lowest BCUT2D eigenvalue weighted by molar-refractivity contribution is -0.116. The minimum absolute atomic E-state index is 0.0232. The smallest absolute Gasteiger partial charge is 0.309 e. The maximum absolute atomic E-state index is 12.8. The Morgan fingerprint density at radius 1 is 1.15 bits per heavy atom. The molecule has 0 spiro atoms. The molecule has 0 fully saturated rings. The van der Waals surface area contributed by atoms with Gasteiger partial charge in [0.25, 0.3) is 5.56 Å². The number of ketones is 1. The molecule has 1 atom stereocenters. The third kappa shape index (κ3) is 3.12. The van der Waals surface area contributed by atoms with Crippen LogP contribution in [0.25, 0.3) is 11.2 Å². The Labute approximate surface area is 154 Å². The van der Waals surface area contributed by atoms with Gasteiger partial charge >= 0.3 is 5.69 Å². The number of rotatable bonds is 5. The van der Waals surface area contributed by atoms with Crippen LogP contribution in [-0.4, -0.2) is 29.7 Å². The summed E-state index contributed by atoms with van der Waals surface area (Å²) in [6.07, 6.45) is 0. The molecule has 0 saturated heterocycles. The van der Waals surface area contributed by atoms with E-state index >= 15 is 0 Å². The van der Waals surface area contributed by atoms with Crippen molar-refractivity contribution in [1.82, 2.24) is 18.7 Å². The van der Waals surface area contributed by atoms with E-state index in [1.165, 1.54) is 30.3 Å². The van der Waals surface area contributed by atoms with Crippen molar-refractivity contribution in [3.05, 3.63) is 56.7 Å². The molecular weight excluding hydrogens is 352 g/mol. The highest BCUT2D eigenvalue weighted by atomic mass is 32.2. The van der Waals surface area contributed by atoms with E-state index in [2.05, 4.69) is 4.98 Å². The molecule has 26 heavy (non-hydrogen) atoms. The lowest BCUT2D eigenvalue weighted by Crippen LogP contribution is -2.37. The van der Waals surface area contributed by atoms with Gasteiger partial charge in [-0.15, -0.1) is 0 Å². The molecule has 0 saturated carbocycles. The molecule has 0 aliphatic rings. The molecule has 7 nitrogen and oxygen atoms in total. The van der Waals surface area contributed by atoms with Crippen molar-refractivity contribution in [2.45, 2.75) is 30.8 Å². The summed E-state index contributed by atoms with van der Waals surface area (Å²) >= 11 is 1.29. The first-order valence-electron chi connectivity index (χ1n) is 8.18. The second-order valence-corrected chi connectivity index (χ2v) is 7.52. The molecule has 3 rings (SSSR count). The van der Waals surface area contributed by atoms with Crippen LogP contribution in [0.5, 0.6) is 0 Å². The molecule has 1 unspecified atom stereocenters. The molecule has 0 bridgehead atoms. The van der Waals surface area contributed by atoms with E-state index in [1.807, 2.05) is 30.3 Å². The van der Waals surface area contributed by atoms with Gasteiger partial charge in [0.05, 0.1) is 11.8 Å². The summed E-state index contributed by atoms with van der Waals surface area (Å²) in [6.45, 7) is 3.75. The summed E-state index contributed by atoms with van der Waals surface area (Å²) in [7, 11) is 3.04. The fourth-order valence-corrected chi connectivity index (χ4v) is 3.57. The van der Waals surface area contributed by atoms with Crippen LogP contribution < -0.4 is 11.2 Å². The predicted molar refractivity (Wildman–Crippen MR) is 102 cm³/mol. The number of aromatic nitrogens is 4. The molecule has 0 aliphatic carbocycles. The van der Waals surface area contributed by atoms with Gasteiger partial charge in [0.15, 0.2) is 16.3 Å². The molecule has 136 valence electrons. The van der Waals surface area contributed by atoms with E-state index < -0.39 is 11.2 Å². The Morgan fingerprint density at radius 3 is 2.42 bits per heavy atom. The van der Waals surface area contributed by atoms with E-state index in [-0.39, 0.29) is 11.0 Å². The average Bonchev–Trinajstić information content (AvgIpc) is 2.97. The zero-order valence-electron chi connectivity index (χ0n) is 15.1. The van der Waals surface area contributed by atoms with Gasteiger partial charge in [-0.25, -0.2) is 9.78 Å². The quantitative estimate of drug-likeness (QED) is 0.635. The Kier molecular flexibility index (Phi) is 4.86. The normalized spacial score (nSPS) is 12.5. The Morgan fingerprint density at radius 2 is 1.81 bits per heavy atom. The molecule has 1 aromatic carbocycles. The first-order valence-corrected chi connectivity index (χ1v) is 9.06. The summed E-state index contributed by atoms with van der Waals surface area (Å²) in [5.74, 6) is 0.0232. The number of thioether (sulfide) groups is 1. The van der Waals surface area contributed by atoms with Gasteiger partial charge in [-0.3, -0.25) is 18.7 Å². The van der Waals surface area contributed by atoms with Crippen molar-refractivity contribution in [1.29, 1.82) is 0 Å². The molecule has 0 aliphatic heterocycles. The zero-order valence-corrected chi connectivity index (χ0v) is 15.9. The molecule has 2 aromatic heterocycles. The molecule has 8 heteroatoms. The second-order valence-electron chi connectivity index (χ2n) is 6.21. The van der Waals surface area contributed by atoms with Gasteiger partial charge in [-0.05, 0) is 19.4 Å². The van der Waals surface area contributed by atoms with Crippen LogP contribution in [0.1, 0.15) is 19.4 Å². The van der Waals surface area contributed by atoms with Crippen molar-refractivity contribution in [2.75, 3.05) is 0 Å². The summed E-state index contributed by atoms with van der Waals surface area (Å²) in [5, 5.41) is 0.243. The maximum Gasteiger partial charge on any atom is 0.332 e. The Hall–Kier alpha value is -2.61. The fourth-order valence-electron chi connectivity index (χ4n) is 2.67. The predicted octanol–water partition coefficient (Wildman–Crippen LogP) is 1.55. The number of imidazole rings is 1. The molecule has 0 N–H and O–H groups in total. The van der Waals surface area contributed by atoms with E-state index in [0.717, 1.165) is 10.1 Å². The van der Waals surface area contributed by atoms with Gasteiger partial charge < -0.3 is 4.57 Å². The fraction of sp³-hybridized carbons (Fsp3) is 0.333. The number of benzene rings is 1. The molecule has 0 radical (unpaired) electrons. The van der Waals surface area contributed by atoms with Crippen LogP contribution in [0.4, 0.5) is 0 Å². The lowest BCUT2D eigenvalue weighted by Gasteiger charge is -2.11. The molecule has 3 aromatic rings. The number of hydrogen-bond acceptors (Lipinski definition) is 5. The van der Waals surface area contributed by atoms with Gasteiger partial charge in [0.1, 0.15) is 5.78 Å². The van der Waals surface area contributed by atoms with Gasteiger partial charge in [-0.2, -0.15) is 0 Å². The van der Waals surface area contributed by atoms with Gasteiger partial charge in [0.2, 0.25) is 0 Å². The molecular formula is C18H20N4O3S. The summed E-state index contributed by atoms with van der Waals surface area (Å²) in [5.41, 5.74) is 0.862. The molecule has 2 heterocycles. The number of carbonyl (C=O) groups excluding carboxylic acids is 1. The maximum atomic E-state index is 12.8. The Bertz CT molecular complexity index is 1100. The topological polar surface area (TPSA) is 78.9 Å². The SMILES string of the molecule is CC(=O)C(C)Sc1nc2c(c(=O)n(C)c(=O)n2C)n1Cc1ccccc1. The highest BCUT2D eigenvalue weighted by Crippen LogP contribution is 2.26. The summed E-state index contributed by atoms with van der Waals surface area (Å²) in [4.78, 5) is 41.2. The van der Waals surface area contributed by atoms with Crippen LogP contribution in [-0.2, 0) is 25.4 Å². The van der Waals surface area contributed by atoms with E-state index in [1.54, 1.807) is 18.5 Å². The number of nitrogens with zero attached hydrogens (tertiary/aromatic N) is 4. The van der Waals surface area contributed by atoms with E-state index in [4.69, 9.17) is 0 Å². The largest absolute Gasteiger partial charge is 0.332 e. The number of fused-ring (bicyclic) bond motifs is 1. The number of carbonyl (C=O) groups is 1. The minimum atomic E-state index is -0.428. The highest BCUT2D eigenvalue weighted by Gasteiger charge is 2.22. The van der Waals surface area contributed by atoms with Gasteiger partial charge in [0, 0.05) is 14.1 Å². The van der Waals surface area contributed by atoms with E-state index in [0.29, 0.717) is 22.9 Å². The first kappa shape index (κ1) is 18.2. The molecule has 0 amide bonds. The summed E-state index contributed by atoms with van der Waals surface area (Å²) < 4.78 is 4.23. The van der Waals surface area contributed by atoms with Crippen LogP contribution in [0.15, 0.2) is 45.1 Å². The van der Waals surface area contributed by atoms with Crippen LogP contribution in [0, 0.1) is 0 Å².